The highest BCUT2D eigenvalue weighted by atomic mass is 16.1. The van der Waals surface area contributed by atoms with Crippen LogP contribution >= 0.6 is 0 Å². The van der Waals surface area contributed by atoms with Gasteiger partial charge < -0.3 is 4.90 Å². The van der Waals surface area contributed by atoms with E-state index in [0.29, 0.717) is 6.54 Å². The Bertz CT molecular complexity index is 443. The lowest BCUT2D eigenvalue weighted by molar-refractivity contribution is 0.0915. The summed E-state index contributed by atoms with van der Waals surface area (Å²) in [5.41, 5.74) is 2.08. The third-order valence-corrected chi connectivity index (χ3v) is 4.36. The van der Waals surface area contributed by atoms with Gasteiger partial charge in [0.25, 0.3) is 0 Å². The molecule has 1 saturated heterocycles. The first-order chi connectivity index (χ1) is 10.7. The summed E-state index contributed by atoms with van der Waals surface area (Å²) in [5.74, 6) is 0.256. The number of rotatable bonds is 8. The van der Waals surface area contributed by atoms with E-state index >= 15 is 0 Å². The van der Waals surface area contributed by atoms with Crippen molar-refractivity contribution in [1.29, 1.82) is 0 Å². The molecule has 0 unspecified atom stereocenters. The molecule has 0 saturated carbocycles. The Morgan fingerprint density at radius 2 is 1.59 bits per heavy atom. The van der Waals surface area contributed by atoms with Gasteiger partial charge in [-0.05, 0) is 63.0 Å². The first-order valence-electron chi connectivity index (χ1n) is 8.85. The number of hydrogen-bond acceptors (Lipinski definition) is 3. The Hall–Kier alpha value is -1.35. The first kappa shape index (κ1) is 17.0. The fourth-order valence-corrected chi connectivity index (χ4v) is 3.18. The summed E-state index contributed by atoms with van der Waals surface area (Å²) in [6.45, 7) is 9.30. The monoisotopic (exact) mass is 302 g/mol. The van der Waals surface area contributed by atoms with Crippen molar-refractivity contribution in [1.82, 2.24) is 4.90 Å². The van der Waals surface area contributed by atoms with Crippen molar-refractivity contribution < 1.29 is 4.79 Å². The van der Waals surface area contributed by atoms with Gasteiger partial charge in [-0.1, -0.05) is 20.3 Å². The molecule has 1 heterocycles. The molecule has 0 radical (unpaired) electrons. The van der Waals surface area contributed by atoms with E-state index in [2.05, 4.69) is 35.8 Å². The second-order valence-electron chi connectivity index (χ2n) is 6.29. The molecule has 1 aliphatic heterocycles. The largest absolute Gasteiger partial charge is 0.372 e. The zero-order valence-electron chi connectivity index (χ0n) is 14.2. The van der Waals surface area contributed by atoms with E-state index in [1.54, 1.807) is 0 Å². The number of Topliss-reactive ketones (excluding diaryl/α,β-unsaturated/α-hetero) is 1. The van der Waals surface area contributed by atoms with Crippen LogP contribution < -0.4 is 4.90 Å². The van der Waals surface area contributed by atoms with Gasteiger partial charge in [-0.15, -0.1) is 0 Å². The highest BCUT2D eigenvalue weighted by Gasteiger charge is 2.15. The van der Waals surface area contributed by atoms with Gasteiger partial charge in [-0.3, -0.25) is 9.69 Å². The van der Waals surface area contributed by atoms with E-state index in [-0.39, 0.29) is 5.78 Å². The maximum Gasteiger partial charge on any atom is 0.176 e. The highest BCUT2D eigenvalue weighted by molar-refractivity contribution is 5.97. The summed E-state index contributed by atoms with van der Waals surface area (Å²) < 4.78 is 0. The predicted molar refractivity (Wildman–Crippen MR) is 93.9 cm³/mol. The van der Waals surface area contributed by atoms with E-state index in [1.165, 1.54) is 24.9 Å². The van der Waals surface area contributed by atoms with Gasteiger partial charge in [-0.25, -0.2) is 0 Å². The van der Waals surface area contributed by atoms with Crippen molar-refractivity contribution >= 4 is 11.5 Å². The molecule has 0 amide bonds. The fourth-order valence-electron chi connectivity index (χ4n) is 3.18. The predicted octanol–water partition coefficient (Wildman–Crippen LogP) is 3.98. The topological polar surface area (TPSA) is 23.6 Å². The highest BCUT2D eigenvalue weighted by Crippen LogP contribution is 2.17. The van der Waals surface area contributed by atoms with Crippen LogP contribution in [0.15, 0.2) is 24.3 Å². The van der Waals surface area contributed by atoms with E-state index in [0.717, 1.165) is 44.6 Å². The second kappa shape index (κ2) is 8.94. The summed E-state index contributed by atoms with van der Waals surface area (Å²) in [4.78, 5) is 17.1. The first-order valence-corrected chi connectivity index (χ1v) is 8.85. The number of carbonyl (C=O) groups excluding carboxylic acids is 1. The van der Waals surface area contributed by atoms with Crippen LogP contribution in [0, 0.1) is 0 Å². The van der Waals surface area contributed by atoms with Gasteiger partial charge in [0, 0.05) is 24.3 Å². The number of benzene rings is 1. The van der Waals surface area contributed by atoms with Crippen LogP contribution in [-0.4, -0.2) is 43.4 Å². The number of nitrogens with zero attached hydrogens (tertiary/aromatic N) is 2. The Kier molecular flexibility index (Phi) is 6.91. The van der Waals surface area contributed by atoms with Gasteiger partial charge in [0.15, 0.2) is 5.78 Å². The molecule has 0 N–H and O–H groups in total. The van der Waals surface area contributed by atoms with E-state index in [4.69, 9.17) is 0 Å². The molecule has 1 aliphatic rings. The van der Waals surface area contributed by atoms with Crippen LogP contribution in [0.25, 0.3) is 0 Å². The summed E-state index contributed by atoms with van der Waals surface area (Å²) in [6, 6.07) is 8.21. The van der Waals surface area contributed by atoms with Crippen molar-refractivity contribution in [2.24, 2.45) is 0 Å². The molecule has 0 aliphatic carbocycles. The van der Waals surface area contributed by atoms with Crippen LogP contribution in [-0.2, 0) is 0 Å². The molecule has 3 heteroatoms. The van der Waals surface area contributed by atoms with Gasteiger partial charge in [0.05, 0.1) is 6.54 Å². The lowest BCUT2D eigenvalue weighted by Gasteiger charge is -2.26. The smallest absolute Gasteiger partial charge is 0.176 e. The minimum absolute atomic E-state index is 0.256. The molecule has 1 aromatic carbocycles. The Labute approximate surface area is 135 Å². The minimum atomic E-state index is 0.256. The maximum atomic E-state index is 12.4. The average molecular weight is 302 g/mol. The van der Waals surface area contributed by atoms with Crippen molar-refractivity contribution in [3.63, 3.8) is 0 Å². The maximum absolute atomic E-state index is 12.4. The van der Waals surface area contributed by atoms with Crippen LogP contribution in [0.4, 0.5) is 5.69 Å². The van der Waals surface area contributed by atoms with Gasteiger partial charge in [-0.2, -0.15) is 0 Å². The molecular formula is C19H30N2O. The Balaban J connectivity index is 1.96. The molecule has 122 valence electrons. The molecule has 0 bridgehead atoms. The van der Waals surface area contributed by atoms with Crippen LogP contribution in [0.1, 0.15) is 56.3 Å². The normalized spacial score (nSPS) is 15.7. The van der Waals surface area contributed by atoms with Crippen molar-refractivity contribution in [3.8, 4) is 0 Å². The number of ketones is 1. The average Bonchev–Trinajstić information content (AvgIpc) is 2.56. The van der Waals surface area contributed by atoms with Crippen LogP contribution in [0.3, 0.4) is 0 Å². The Morgan fingerprint density at radius 1 is 1.00 bits per heavy atom. The zero-order chi connectivity index (χ0) is 15.8. The van der Waals surface area contributed by atoms with E-state index < -0.39 is 0 Å². The quantitative estimate of drug-likeness (QED) is 0.679. The molecule has 22 heavy (non-hydrogen) atoms. The molecule has 1 aromatic rings. The number of hydrogen-bond donors (Lipinski definition) is 0. The lowest BCUT2D eigenvalue weighted by atomic mass is 10.1. The SMILES string of the molecule is CCCN(CCC)c1ccc(C(=O)CN2CCCCC2)cc1. The van der Waals surface area contributed by atoms with Crippen molar-refractivity contribution in [2.45, 2.75) is 46.0 Å². The standard InChI is InChI=1S/C19H30N2O/c1-3-12-21(13-4-2)18-10-8-17(9-11-18)19(22)16-20-14-6-5-7-15-20/h8-11H,3-7,12-16H2,1-2H3. The molecule has 0 aromatic heterocycles. The van der Waals surface area contributed by atoms with Crippen molar-refractivity contribution in [2.75, 3.05) is 37.6 Å². The van der Waals surface area contributed by atoms with Crippen LogP contribution in [0.2, 0.25) is 0 Å². The fraction of sp³-hybridized carbons (Fsp3) is 0.632. The lowest BCUT2D eigenvalue weighted by Crippen LogP contribution is -2.34. The molecule has 0 spiro atoms. The molecule has 2 rings (SSSR count). The summed E-state index contributed by atoms with van der Waals surface area (Å²) in [6.07, 6.45) is 6.07. The van der Waals surface area contributed by atoms with Gasteiger partial charge in [0.2, 0.25) is 0 Å². The minimum Gasteiger partial charge on any atom is -0.372 e. The summed E-state index contributed by atoms with van der Waals surface area (Å²) in [7, 11) is 0. The molecule has 3 nitrogen and oxygen atoms in total. The zero-order valence-corrected chi connectivity index (χ0v) is 14.2. The van der Waals surface area contributed by atoms with Gasteiger partial charge in [0.1, 0.15) is 0 Å². The van der Waals surface area contributed by atoms with E-state index in [1.807, 2.05) is 12.1 Å². The van der Waals surface area contributed by atoms with E-state index in [9.17, 15) is 4.79 Å². The number of piperidine rings is 1. The number of likely N-dealkylation sites (tertiary alicyclic amines) is 1. The third-order valence-electron chi connectivity index (χ3n) is 4.36. The molecule has 0 atom stereocenters. The van der Waals surface area contributed by atoms with Crippen molar-refractivity contribution in [3.05, 3.63) is 29.8 Å². The number of carbonyl (C=O) groups is 1. The van der Waals surface area contributed by atoms with Gasteiger partial charge >= 0.3 is 0 Å². The van der Waals surface area contributed by atoms with Crippen LogP contribution in [0.5, 0.6) is 0 Å². The molecular weight excluding hydrogens is 272 g/mol. The number of anilines is 1. The summed E-state index contributed by atoms with van der Waals surface area (Å²) >= 11 is 0. The Morgan fingerprint density at radius 3 is 2.14 bits per heavy atom. The molecule has 1 fully saturated rings. The summed E-state index contributed by atoms with van der Waals surface area (Å²) in [5, 5.41) is 0. The second-order valence-corrected chi connectivity index (χ2v) is 6.29. The third kappa shape index (κ3) is 4.84.